The quantitative estimate of drug-likeness (QED) is 0.880. The van der Waals surface area contributed by atoms with Gasteiger partial charge in [0.05, 0.1) is 6.04 Å². The van der Waals surface area contributed by atoms with Gasteiger partial charge in [-0.3, -0.25) is 0 Å². The number of nitrogens with one attached hydrogen (secondary N) is 1. The molecule has 1 N–H and O–H groups in total. The standard InChI is InChI=1S/C12H14F2N2O2/c1-6-4-8-10(15-5-6)7-2-3-9(18-12(13)14)16-11(7)17-8/h2-3,6,8,10,12,15H,4-5H2,1H3/t6-,8-,10-/m0/s1. The van der Waals surface area contributed by atoms with Gasteiger partial charge in [-0.05, 0) is 24.9 Å². The predicted octanol–water partition coefficient (Wildman–Crippen LogP) is 2.11. The second-order valence-corrected chi connectivity index (χ2v) is 4.81. The van der Waals surface area contributed by atoms with Crippen molar-refractivity contribution in [1.29, 1.82) is 0 Å². The largest absolute Gasteiger partial charge is 0.472 e. The number of halogens is 2. The number of rotatable bonds is 2. The first-order valence-electron chi connectivity index (χ1n) is 5.99. The maximum Gasteiger partial charge on any atom is 0.388 e. The van der Waals surface area contributed by atoms with Crippen LogP contribution in [-0.2, 0) is 0 Å². The molecule has 0 aliphatic carbocycles. The number of pyridine rings is 1. The number of nitrogens with zero attached hydrogens (tertiary/aromatic N) is 1. The Morgan fingerprint density at radius 1 is 1.50 bits per heavy atom. The van der Waals surface area contributed by atoms with E-state index in [1.54, 1.807) is 6.07 Å². The number of aromatic nitrogens is 1. The van der Waals surface area contributed by atoms with Gasteiger partial charge in [0.15, 0.2) is 0 Å². The highest BCUT2D eigenvalue weighted by molar-refractivity contribution is 5.38. The van der Waals surface area contributed by atoms with Crippen molar-refractivity contribution < 1.29 is 18.3 Å². The predicted molar refractivity (Wildman–Crippen MR) is 59.8 cm³/mol. The normalized spacial score (nSPS) is 29.7. The van der Waals surface area contributed by atoms with E-state index in [2.05, 4.69) is 22.0 Å². The van der Waals surface area contributed by atoms with Crippen molar-refractivity contribution in [2.24, 2.45) is 5.92 Å². The van der Waals surface area contributed by atoms with Crippen molar-refractivity contribution in [3.05, 3.63) is 17.7 Å². The van der Waals surface area contributed by atoms with E-state index < -0.39 is 6.61 Å². The number of alkyl halides is 2. The number of ether oxygens (including phenoxy) is 2. The Hall–Kier alpha value is -1.43. The van der Waals surface area contributed by atoms with E-state index >= 15 is 0 Å². The van der Waals surface area contributed by atoms with Crippen LogP contribution in [-0.4, -0.2) is 24.2 Å². The summed E-state index contributed by atoms with van der Waals surface area (Å²) in [5, 5.41) is 3.39. The molecule has 3 heterocycles. The van der Waals surface area contributed by atoms with Gasteiger partial charge in [0.2, 0.25) is 11.8 Å². The lowest BCUT2D eigenvalue weighted by Gasteiger charge is -2.29. The van der Waals surface area contributed by atoms with Crippen LogP contribution in [0.1, 0.15) is 24.9 Å². The molecule has 1 saturated heterocycles. The van der Waals surface area contributed by atoms with Gasteiger partial charge in [-0.25, -0.2) is 0 Å². The molecule has 0 bridgehead atoms. The summed E-state index contributed by atoms with van der Waals surface area (Å²) in [5.74, 6) is 0.845. The lowest BCUT2D eigenvalue weighted by molar-refractivity contribution is -0.0531. The fourth-order valence-corrected chi connectivity index (χ4v) is 2.57. The molecule has 18 heavy (non-hydrogen) atoms. The van der Waals surface area contributed by atoms with Crippen LogP contribution in [0.4, 0.5) is 8.78 Å². The molecule has 0 aromatic carbocycles. The molecule has 1 fully saturated rings. The third-order valence-corrected chi connectivity index (χ3v) is 3.36. The highest BCUT2D eigenvalue weighted by Gasteiger charge is 2.39. The number of fused-ring (bicyclic) bond motifs is 3. The Kier molecular flexibility index (Phi) is 2.81. The molecule has 2 aliphatic heterocycles. The van der Waals surface area contributed by atoms with Crippen molar-refractivity contribution in [2.75, 3.05) is 6.54 Å². The topological polar surface area (TPSA) is 43.4 Å². The number of hydrogen-bond donors (Lipinski definition) is 1. The summed E-state index contributed by atoms with van der Waals surface area (Å²) in [6.07, 6.45) is 0.983. The molecule has 0 unspecified atom stereocenters. The maximum absolute atomic E-state index is 12.1. The zero-order valence-corrected chi connectivity index (χ0v) is 9.90. The minimum absolute atomic E-state index is 0.0399. The molecular weight excluding hydrogens is 242 g/mol. The molecule has 0 amide bonds. The van der Waals surface area contributed by atoms with Crippen molar-refractivity contribution in [3.8, 4) is 11.8 Å². The zero-order valence-electron chi connectivity index (χ0n) is 9.90. The van der Waals surface area contributed by atoms with Crippen molar-refractivity contribution in [1.82, 2.24) is 10.3 Å². The molecule has 1 aromatic rings. The van der Waals surface area contributed by atoms with Crippen LogP contribution in [0.2, 0.25) is 0 Å². The lowest BCUT2D eigenvalue weighted by Crippen LogP contribution is -2.41. The molecule has 2 aliphatic rings. The van der Waals surface area contributed by atoms with Gasteiger partial charge in [-0.1, -0.05) is 6.92 Å². The zero-order chi connectivity index (χ0) is 12.7. The fraction of sp³-hybridized carbons (Fsp3) is 0.583. The summed E-state index contributed by atoms with van der Waals surface area (Å²) in [5.41, 5.74) is 0.925. The molecule has 4 nitrogen and oxygen atoms in total. The van der Waals surface area contributed by atoms with Crippen molar-refractivity contribution in [2.45, 2.75) is 32.1 Å². The molecule has 98 valence electrons. The van der Waals surface area contributed by atoms with Crippen LogP contribution in [0.3, 0.4) is 0 Å². The lowest BCUT2D eigenvalue weighted by atomic mass is 9.91. The van der Waals surface area contributed by atoms with Crippen LogP contribution >= 0.6 is 0 Å². The van der Waals surface area contributed by atoms with Gasteiger partial charge < -0.3 is 14.8 Å². The monoisotopic (exact) mass is 256 g/mol. The number of piperidine rings is 1. The minimum Gasteiger partial charge on any atom is -0.472 e. The Morgan fingerprint density at radius 2 is 2.33 bits per heavy atom. The molecular formula is C12H14F2N2O2. The second-order valence-electron chi connectivity index (χ2n) is 4.81. The fourth-order valence-electron chi connectivity index (χ4n) is 2.57. The van der Waals surface area contributed by atoms with Crippen molar-refractivity contribution in [3.63, 3.8) is 0 Å². The molecule has 0 saturated carbocycles. The minimum atomic E-state index is -2.86. The maximum atomic E-state index is 12.1. The first-order chi connectivity index (χ1) is 8.63. The van der Waals surface area contributed by atoms with Crippen LogP contribution in [0.5, 0.6) is 11.8 Å². The summed E-state index contributed by atoms with van der Waals surface area (Å²) >= 11 is 0. The summed E-state index contributed by atoms with van der Waals surface area (Å²) < 4.78 is 34.2. The van der Waals surface area contributed by atoms with E-state index in [1.165, 1.54) is 6.07 Å². The van der Waals surface area contributed by atoms with Crippen molar-refractivity contribution >= 4 is 0 Å². The summed E-state index contributed by atoms with van der Waals surface area (Å²) in [6.45, 7) is 0.213. The van der Waals surface area contributed by atoms with Gasteiger partial charge in [0.25, 0.3) is 0 Å². The first kappa shape index (κ1) is 11.6. The molecule has 0 radical (unpaired) electrons. The molecule has 3 atom stereocenters. The average molecular weight is 256 g/mol. The van der Waals surface area contributed by atoms with E-state index in [1.807, 2.05) is 0 Å². The summed E-state index contributed by atoms with van der Waals surface area (Å²) in [4.78, 5) is 3.98. The van der Waals surface area contributed by atoms with Gasteiger partial charge >= 0.3 is 6.61 Å². The van der Waals surface area contributed by atoms with E-state index in [9.17, 15) is 8.78 Å². The molecule has 1 aromatic heterocycles. The second kappa shape index (κ2) is 4.35. The van der Waals surface area contributed by atoms with Gasteiger partial charge in [-0.15, -0.1) is 0 Å². The SMILES string of the molecule is C[C@@H]1CN[C@H]2c3ccc(OC(F)F)nc3O[C@H]2C1. The highest BCUT2D eigenvalue weighted by Crippen LogP contribution is 2.40. The Morgan fingerprint density at radius 3 is 3.11 bits per heavy atom. The first-order valence-corrected chi connectivity index (χ1v) is 5.99. The number of hydrogen-bond acceptors (Lipinski definition) is 4. The molecule has 6 heteroatoms. The van der Waals surface area contributed by atoms with Gasteiger partial charge in [0, 0.05) is 11.6 Å². The highest BCUT2D eigenvalue weighted by atomic mass is 19.3. The molecule has 3 rings (SSSR count). The molecule has 0 spiro atoms. The van der Waals surface area contributed by atoms with E-state index in [0.29, 0.717) is 11.8 Å². The van der Waals surface area contributed by atoms with Crippen LogP contribution in [0.25, 0.3) is 0 Å². The van der Waals surface area contributed by atoms with E-state index in [-0.39, 0.29) is 18.0 Å². The Labute approximate surface area is 103 Å². The van der Waals surface area contributed by atoms with Crippen LogP contribution in [0.15, 0.2) is 12.1 Å². The smallest absolute Gasteiger partial charge is 0.388 e. The third-order valence-electron chi connectivity index (χ3n) is 3.36. The third kappa shape index (κ3) is 2.01. The summed E-state index contributed by atoms with van der Waals surface area (Å²) in [7, 11) is 0. The van der Waals surface area contributed by atoms with E-state index in [0.717, 1.165) is 18.5 Å². The Bertz CT molecular complexity index is 456. The van der Waals surface area contributed by atoms with Gasteiger partial charge in [-0.2, -0.15) is 13.8 Å². The van der Waals surface area contributed by atoms with Crippen LogP contribution < -0.4 is 14.8 Å². The van der Waals surface area contributed by atoms with Gasteiger partial charge in [0.1, 0.15) is 6.10 Å². The summed E-state index contributed by atoms with van der Waals surface area (Å²) in [6, 6.07) is 3.31. The Balaban J connectivity index is 1.83. The van der Waals surface area contributed by atoms with Crippen LogP contribution in [0, 0.1) is 5.92 Å². The van der Waals surface area contributed by atoms with E-state index in [4.69, 9.17) is 4.74 Å². The average Bonchev–Trinajstić information content (AvgIpc) is 2.64.